The minimum absolute atomic E-state index is 0.0880. The van der Waals surface area contributed by atoms with E-state index in [9.17, 15) is 0 Å². The lowest BCUT2D eigenvalue weighted by atomic mass is 10.1. The maximum Gasteiger partial charge on any atom is 0.199 e. The van der Waals surface area contributed by atoms with Crippen molar-refractivity contribution in [1.82, 2.24) is 0 Å². The summed E-state index contributed by atoms with van der Waals surface area (Å²) in [5.41, 5.74) is 1.22. The van der Waals surface area contributed by atoms with Gasteiger partial charge in [-0.15, -0.1) is 0 Å². The van der Waals surface area contributed by atoms with Gasteiger partial charge in [0.2, 0.25) is 0 Å². The number of phenols is 2. The first-order valence-electron chi connectivity index (χ1n) is 8.99. The summed E-state index contributed by atoms with van der Waals surface area (Å²) in [6.45, 7) is 3.45. The molecule has 160 valence electrons. The van der Waals surface area contributed by atoms with E-state index in [2.05, 4.69) is 6.58 Å². The number of hydrogen-bond donors (Lipinski definition) is 2. The molecule has 7 nitrogen and oxygen atoms in total. The lowest BCUT2D eigenvalue weighted by Gasteiger charge is -2.24. The fourth-order valence-corrected chi connectivity index (χ4v) is 2.40. The second kappa shape index (κ2) is 13.4. The van der Waals surface area contributed by atoms with Crippen LogP contribution in [0.4, 0.5) is 0 Å². The first kappa shape index (κ1) is 24.3. The molecule has 3 rings (SSSR count). The highest BCUT2D eigenvalue weighted by molar-refractivity contribution is 5.41. The van der Waals surface area contributed by atoms with Gasteiger partial charge in [0.15, 0.2) is 12.6 Å². The van der Waals surface area contributed by atoms with Gasteiger partial charge in [-0.1, -0.05) is 18.7 Å². The second-order valence-electron chi connectivity index (χ2n) is 5.89. The lowest BCUT2D eigenvalue weighted by molar-refractivity contribution is -0.0664. The number of ether oxygens (including phenoxy) is 5. The van der Waals surface area contributed by atoms with Crippen LogP contribution in [0.1, 0.15) is 12.0 Å². The Bertz CT molecular complexity index is 712. The van der Waals surface area contributed by atoms with E-state index in [0.29, 0.717) is 0 Å². The zero-order chi connectivity index (χ0) is 21.6. The smallest absolute Gasteiger partial charge is 0.199 e. The molecule has 0 radical (unpaired) electrons. The van der Waals surface area contributed by atoms with Gasteiger partial charge in [-0.25, -0.2) is 0 Å². The number of rotatable bonds is 5. The molecular formula is C22H30O7. The fourth-order valence-electron chi connectivity index (χ4n) is 2.40. The molecule has 7 heteroatoms. The van der Waals surface area contributed by atoms with Gasteiger partial charge in [0, 0.05) is 39.9 Å². The predicted molar refractivity (Wildman–Crippen MR) is 111 cm³/mol. The minimum atomic E-state index is -0.250. The van der Waals surface area contributed by atoms with Crippen molar-refractivity contribution in [2.24, 2.45) is 0 Å². The Balaban J connectivity index is 0.000000240. The number of phenolic OH excluding ortho intramolecular Hbond substituents is 2. The van der Waals surface area contributed by atoms with Crippen LogP contribution in [0.2, 0.25) is 0 Å². The minimum Gasteiger partial charge on any atom is -0.508 e. The summed E-state index contributed by atoms with van der Waals surface area (Å²) in [6.07, 6.45) is 3.13. The van der Waals surface area contributed by atoms with Crippen molar-refractivity contribution in [3.8, 4) is 23.0 Å². The van der Waals surface area contributed by atoms with Crippen LogP contribution in [0.25, 0.3) is 0 Å². The quantitative estimate of drug-likeness (QED) is 0.575. The third-order valence-electron chi connectivity index (χ3n) is 3.93. The Morgan fingerprint density at radius 2 is 1.69 bits per heavy atom. The molecule has 1 aliphatic rings. The van der Waals surface area contributed by atoms with Crippen LogP contribution in [0, 0.1) is 0 Å². The van der Waals surface area contributed by atoms with Gasteiger partial charge in [-0.2, -0.15) is 0 Å². The molecule has 0 spiro atoms. The first-order valence-corrected chi connectivity index (χ1v) is 8.99. The largest absolute Gasteiger partial charge is 0.508 e. The number of benzene rings is 2. The highest BCUT2D eigenvalue weighted by Crippen LogP contribution is 2.31. The molecule has 0 bridgehead atoms. The Morgan fingerprint density at radius 1 is 1.03 bits per heavy atom. The van der Waals surface area contributed by atoms with Crippen LogP contribution in [-0.4, -0.2) is 51.2 Å². The molecule has 0 aliphatic carbocycles. The van der Waals surface area contributed by atoms with Crippen molar-refractivity contribution in [1.29, 1.82) is 0 Å². The van der Waals surface area contributed by atoms with Crippen molar-refractivity contribution in [3.63, 3.8) is 0 Å². The van der Waals surface area contributed by atoms with Crippen LogP contribution >= 0.6 is 0 Å². The molecule has 0 fully saturated rings. The Labute approximate surface area is 172 Å². The summed E-state index contributed by atoms with van der Waals surface area (Å²) in [6, 6.07) is 11.7. The summed E-state index contributed by atoms with van der Waals surface area (Å²) in [5.74, 6) is 1.87. The maximum atomic E-state index is 8.65. The van der Waals surface area contributed by atoms with E-state index in [0.717, 1.165) is 24.3 Å². The molecule has 0 saturated heterocycles. The lowest BCUT2D eigenvalue weighted by Crippen LogP contribution is -2.24. The normalized spacial score (nSPS) is 14.3. The summed E-state index contributed by atoms with van der Waals surface area (Å²) in [7, 11) is 6.44. The van der Waals surface area contributed by atoms with Gasteiger partial charge >= 0.3 is 0 Å². The summed E-state index contributed by atoms with van der Waals surface area (Å²) in [5, 5.41) is 17.3. The van der Waals surface area contributed by atoms with E-state index in [1.807, 2.05) is 18.2 Å². The zero-order valence-corrected chi connectivity index (χ0v) is 17.3. The Hall–Kier alpha value is -2.74. The Kier molecular flexibility index (Phi) is 11.3. The van der Waals surface area contributed by atoms with Gasteiger partial charge in [-0.05, 0) is 36.3 Å². The molecule has 0 saturated carbocycles. The molecule has 1 unspecified atom stereocenters. The summed E-state index contributed by atoms with van der Waals surface area (Å²) in [4.78, 5) is 0. The number of hydrogen-bond acceptors (Lipinski definition) is 7. The van der Waals surface area contributed by atoms with Crippen molar-refractivity contribution in [2.75, 3.05) is 28.4 Å². The monoisotopic (exact) mass is 406 g/mol. The van der Waals surface area contributed by atoms with Gasteiger partial charge < -0.3 is 33.9 Å². The zero-order valence-electron chi connectivity index (χ0n) is 17.3. The Morgan fingerprint density at radius 3 is 2.10 bits per heavy atom. The van der Waals surface area contributed by atoms with Crippen molar-refractivity contribution in [3.05, 3.63) is 60.7 Å². The number of aromatic hydroxyl groups is 2. The highest BCUT2D eigenvalue weighted by Gasteiger charge is 2.19. The van der Waals surface area contributed by atoms with Gasteiger partial charge in [0.1, 0.15) is 23.0 Å². The van der Waals surface area contributed by atoms with Crippen LogP contribution < -0.4 is 9.47 Å². The van der Waals surface area contributed by atoms with Crippen LogP contribution in [0.15, 0.2) is 55.1 Å². The van der Waals surface area contributed by atoms with E-state index in [1.165, 1.54) is 23.8 Å². The standard InChI is InChI=1S/C11H14O3.C6H6O2.C5H10O2/c1-12-9-5-3-8-4-6-11(13-2)14-10(8)7-9;7-5-2-1-3-6(8)4-5;1-4-5(6-2)7-3/h3,5,7,11H,4,6H2,1-2H3;1-4,7-8H;4-5H,1H2,2-3H3. The van der Waals surface area contributed by atoms with E-state index in [-0.39, 0.29) is 24.1 Å². The molecular weight excluding hydrogens is 376 g/mol. The third kappa shape index (κ3) is 8.87. The molecule has 2 aromatic carbocycles. The summed E-state index contributed by atoms with van der Waals surface area (Å²) >= 11 is 0. The summed E-state index contributed by atoms with van der Waals surface area (Å²) < 4.78 is 25.3. The molecule has 0 aromatic heterocycles. The highest BCUT2D eigenvalue weighted by atomic mass is 16.7. The van der Waals surface area contributed by atoms with Crippen molar-refractivity contribution < 1.29 is 33.9 Å². The van der Waals surface area contributed by atoms with Crippen molar-refractivity contribution >= 4 is 0 Å². The number of aryl methyl sites for hydroxylation is 1. The SMILES string of the molecule is C=CC(OC)OC.COc1ccc2c(c1)OC(OC)CC2.Oc1cccc(O)c1. The fraction of sp³-hybridized carbons (Fsp3) is 0.364. The van der Waals surface area contributed by atoms with Crippen LogP contribution in [0.3, 0.4) is 0 Å². The topological polar surface area (TPSA) is 86.6 Å². The molecule has 1 aliphatic heterocycles. The van der Waals surface area contributed by atoms with Crippen molar-refractivity contribution in [2.45, 2.75) is 25.4 Å². The maximum absolute atomic E-state index is 8.65. The van der Waals surface area contributed by atoms with Gasteiger partial charge in [0.25, 0.3) is 0 Å². The van der Waals surface area contributed by atoms with Gasteiger partial charge in [0.05, 0.1) is 7.11 Å². The van der Waals surface area contributed by atoms with E-state index in [4.69, 9.17) is 33.9 Å². The molecule has 0 amide bonds. The molecule has 2 N–H and O–H groups in total. The number of fused-ring (bicyclic) bond motifs is 1. The third-order valence-corrected chi connectivity index (χ3v) is 3.93. The molecule has 1 atom stereocenters. The van der Waals surface area contributed by atoms with Crippen LogP contribution in [0.5, 0.6) is 23.0 Å². The molecule has 29 heavy (non-hydrogen) atoms. The predicted octanol–water partition coefficient (Wildman–Crippen LogP) is 3.88. The molecule has 2 aromatic rings. The average Bonchev–Trinajstić information content (AvgIpc) is 2.75. The van der Waals surface area contributed by atoms with E-state index in [1.54, 1.807) is 40.6 Å². The average molecular weight is 406 g/mol. The number of methoxy groups -OCH3 is 4. The van der Waals surface area contributed by atoms with Gasteiger partial charge in [-0.3, -0.25) is 0 Å². The van der Waals surface area contributed by atoms with E-state index >= 15 is 0 Å². The van der Waals surface area contributed by atoms with Crippen LogP contribution in [-0.2, 0) is 20.6 Å². The first-order chi connectivity index (χ1) is 14.0. The van der Waals surface area contributed by atoms with E-state index < -0.39 is 0 Å². The molecule has 1 heterocycles. The second-order valence-corrected chi connectivity index (χ2v) is 5.89.